The number of hydrogen-bond acceptors (Lipinski definition) is 4. The van der Waals surface area contributed by atoms with Gasteiger partial charge < -0.3 is 14.0 Å². The molecule has 1 aliphatic carbocycles. The van der Waals surface area contributed by atoms with Crippen molar-refractivity contribution in [2.75, 3.05) is 0 Å². The van der Waals surface area contributed by atoms with E-state index in [2.05, 4.69) is 0 Å². The quantitative estimate of drug-likeness (QED) is 0.486. The average molecular weight is 309 g/mol. The Balaban J connectivity index is 1.64. The fourth-order valence-electron chi connectivity index (χ4n) is 3.18. The van der Waals surface area contributed by atoms with Gasteiger partial charge in [-0.15, -0.1) is 0 Å². The molecule has 0 spiro atoms. The van der Waals surface area contributed by atoms with E-state index in [0.29, 0.717) is 23.3 Å². The molecule has 0 N–H and O–H groups in total. The molecule has 23 heavy (non-hydrogen) atoms. The second kappa shape index (κ2) is 4.84. The molecule has 1 aromatic carbocycles. The Bertz CT molecular complexity index is 916. The molecule has 2 aliphatic rings. The van der Waals surface area contributed by atoms with Crippen molar-refractivity contribution in [3.63, 3.8) is 0 Å². The summed E-state index contributed by atoms with van der Waals surface area (Å²) in [5.74, 6) is -0.427. The van der Waals surface area contributed by atoms with Crippen LogP contribution in [0, 0.1) is 0 Å². The van der Waals surface area contributed by atoms with Crippen LogP contribution in [0.3, 0.4) is 0 Å². The Morgan fingerprint density at radius 1 is 1.30 bits per heavy atom. The minimum absolute atomic E-state index is 0.0382. The summed E-state index contributed by atoms with van der Waals surface area (Å²) >= 11 is 0. The van der Waals surface area contributed by atoms with E-state index < -0.39 is 6.29 Å². The van der Waals surface area contributed by atoms with Gasteiger partial charge in [0.25, 0.3) is 6.29 Å². The van der Waals surface area contributed by atoms with Crippen LogP contribution in [-0.4, -0.2) is 22.6 Å². The standard InChI is InChI=1S/C18H15NO4/c1-10-7-15(23-18(10)21)22-9-11-8-13-12-5-3-4-6-14(12)19(2)16(13)17(11)20/h3-7,9,15H,8H2,1-2H3/b11-9+/t15-/m0/s1. The fourth-order valence-corrected chi connectivity index (χ4v) is 3.18. The van der Waals surface area contributed by atoms with E-state index in [9.17, 15) is 9.59 Å². The Morgan fingerprint density at radius 2 is 2.09 bits per heavy atom. The van der Waals surface area contributed by atoms with Crippen LogP contribution < -0.4 is 0 Å². The summed E-state index contributed by atoms with van der Waals surface area (Å²) in [4.78, 5) is 23.9. The number of cyclic esters (lactones) is 1. The molecule has 4 rings (SSSR count). The average Bonchev–Trinajstić information content (AvgIpc) is 3.13. The van der Waals surface area contributed by atoms with E-state index in [1.54, 1.807) is 13.0 Å². The zero-order valence-electron chi connectivity index (χ0n) is 12.8. The van der Waals surface area contributed by atoms with Crippen molar-refractivity contribution in [1.29, 1.82) is 0 Å². The molecular formula is C18H15NO4. The molecule has 116 valence electrons. The number of ether oxygens (including phenoxy) is 2. The number of aromatic nitrogens is 1. The third-order valence-electron chi connectivity index (χ3n) is 4.36. The van der Waals surface area contributed by atoms with Crippen molar-refractivity contribution in [3.05, 3.63) is 59.0 Å². The molecule has 0 bridgehead atoms. The van der Waals surface area contributed by atoms with Gasteiger partial charge in [0.15, 0.2) is 0 Å². The van der Waals surface area contributed by atoms with Crippen LogP contribution in [0.1, 0.15) is 23.0 Å². The number of fused-ring (bicyclic) bond motifs is 3. The molecule has 0 unspecified atom stereocenters. The smallest absolute Gasteiger partial charge is 0.336 e. The number of Topliss-reactive ketones (excluding diaryl/α,β-unsaturated/α-hetero) is 1. The summed E-state index contributed by atoms with van der Waals surface area (Å²) in [7, 11) is 1.90. The number of para-hydroxylation sites is 1. The van der Waals surface area contributed by atoms with E-state index in [-0.39, 0.29) is 11.8 Å². The van der Waals surface area contributed by atoms with E-state index >= 15 is 0 Å². The maximum Gasteiger partial charge on any atom is 0.336 e. The van der Waals surface area contributed by atoms with Crippen LogP contribution in [0.15, 0.2) is 47.7 Å². The largest absolute Gasteiger partial charge is 0.458 e. The minimum atomic E-state index is -0.747. The van der Waals surface area contributed by atoms with Crippen molar-refractivity contribution in [1.82, 2.24) is 4.57 Å². The zero-order valence-corrected chi connectivity index (χ0v) is 12.8. The van der Waals surface area contributed by atoms with E-state index in [1.807, 2.05) is 35.9 Å². The van der Waals surface area contributed by atoms with Gasteiger partial charge in [-0.05, 0) is 18.6 Å². The predicted octanol–water partition coefficient (Wildman–Crippen LogP) is 2.65. The lowest BCUT2D eigenvalue weighted by Crippen LogP contribution is -2.11. The maximum atomic E-state index is 12.6. The number of carbonyl (C=O) groups excluding carboxylic acids is 2. The molecule has 2 heterocycles. The highest BCUT2D eigenvalue weighted by Crippen LogP contribution is 2.34. The van der Waals surface area contributed by atoms with Crippen molar-refractivity contribution >= 4 is 22.7 Å². The van der Waals surface area contributed by atoms with E-state index in [0.717, 1.165) is 16.5 Å². The number of ketones is 1. The molecular weight excluding hydrogens is 294 g/mol. The predicted molar refractivity (Wildman–Crippen MR) is 83.8 cm³/mol. The van der Waals surface area contributed by atoms with Gasteiger partial charge in [0.1, 0.15) is 0 Å². The molecule has 0 radical (unpaired) electrons. The molecule has 0 saturated heterocycles. The summed E-state index contributed by atoms with van der Waals surface area (Å²) in [5.41, 5.74) is 3.87. The molecule has 1 aliphatic heterocycles. The number of aryl methyl sites for hydroxylation is 1. The Hall–Kier alpha value is -2.82. The van der Waals surface area contributed by atoms with Crippen LogP contribution in [0.2, 0.25) is 0 Å². The highest BCUT2D eigenvalue weighted by molar-refractivity contribution is 6.16. The molecule has 5 heteroatoms. The molecule has 5 nitrogen and oxygen atoms in total. The van der Waals surface area contributed by atoms with Gasteiger partial charge in [-0.2, -0.15) is 0 Å². The summed E-state index contributed by atoms with van der Waals surface area (Å²) in [6.07, 6.45) is 2.80. The number of carbonyl (C=O) groups is 2. The second-order valence-electron chi connectivity index (χ2n) is 5.81. The third kappa shape index (κ3) is 2.00. The molecule has 0 amide bonds. The zero-order chi connectivity index (χ0) is 16.1. The van der Waals surface area contributed by atoms with Crippen molar-refractivity contribution in [2.45, 2.75) is 19.6 Å². The van der Waals surface area contributed by atoms with Crippen LogP contribution in [-0.2, 0) is 27.7 Å². The highest BCUT2D eigenvalue weighted by Gasteiger charge is 2.32. The topological polar surface area (TPSA) is 57.5 Å². The lowest BCUT2D eigenvalue weighted by atomic mass is 10.1. The molecule has 1 aromatic heterocycles. The molecule has 2 aromatic rings. The number of benzene rings is 1. The van der Waals surface area contributed by atoms with Crippen LogP contribution in [0.4, 0.5) is 0 Å². The molecule has 0 saturated carbocycles. The van der Waals surface area contributed by atoms with Gasteiger partial charge in [-0.1, -0.05) is 18.2 Å². The van der Waals surface area contributed by atoms with Gasteiger partial charge in [-0.25, -0.2) is 4.79 Å². The monoisotopic (exact) mass is 309 g/mol. The van der Waals surface area contributed by atoms with Crippen LogP contribution in [0.25, 0.3) is 10.9 Å². The number of esters is 1. The van der Waals surface area contributed by atoms with Crippen molar-refractivity contribution < 1.29 is 19.1 Å². The minimum Gasteiger partial charge on any atom is -0.458 e. The first kappa shape index (κ1) is 13.8. The fraction of sp³-hybridized carbons (Fsp3) is 0.222. The number of allylic oxidation sites excluding steroid dienone is 1. The van der Waals surface area contributed by atoms with Gasteiger partial charge in [0.05, 0.1) is 12.0 Å². The lowest BCUT2D eigenvalue weighted by molar-refractivity contribution is -0.152. The summed E-state index contributed by atoms with van der Waals surface area (Å²) in [6, 6.07) is 7.96. The normalized spacial score (nSPS) is 21.7. The van der Waals surface area contributed by atoms with E-state index in [1.165, 1.54) is 6.26 Å². The van der Waals surface area contributed by atoms with Gasteiger partial charge in [0, 0.05) is 41.6 Å². The number of hydrogen-bond donors (Lipinski definition) is 0. The van der Waals surface area contributed by atoms with Crippen molar-refractivity contribution in [3.8, 4) is 0 Å². The maximum absolute atomic E-state index is 12.6. The van der Waals surface area contributed by atoms with E-state index in [4.69, 9.17) is 9.47 Å². The van der Waals surface area contributed by atoms with Crippen molar-refractivity contribution in [2.24, 2.45) is 7.05 Å². The SMILES string of the molecule is CC1=C[C@@H](O/C=C2\Cc3c(n(C)c4ccccc34)C2=O)OC1=O. The van der Waals surface area contributed by atoms with Crippen LogP contribution in [0.5, 0.6) is 0 Å². The van der Waals surface area contributed by atoms with Gasteiger partial charge >= 0.3 is 5.97 Å². The first-order chi connectivity index (χ1) is 11.1. The van der Waals surface area contributed by atoms with Gasteiger partial charge in [0.2, 0.25) is 5.78 Å². The first-order valence-electron chi connectivity index (χ1n) is 7.41. The Kier molecular flexibility index (Phi) is 2.91. The molecule has 1 atom stereocenters. The summed E-state index contributed by atoms with van der Waals surface area (Å²) in [5, 5.41) is 1.09. The van der Waals surface area contributed by atoms with Gasteiger partial charge in [-0.3, -0.25) is 4.79 Å². The highest BCUT2D eigenvalue weighted by atomic mass is 16.7. The number of rotatable bonds is 2. The first-order valence-corrected chi connectivity index (χ1v) is 7.41. The summed E-state index contributed by atoms with van der Waals surface area (Å²) < 4.78 is 12.4. The summed E-state index contributed by atoms with van der Waals surface area (Å²) in [6.45, 7) is 1.67. The molecule has 0 fully saturated rings. The van der Waals surface area contributed by atoms with Crippen LogP contribution >= 0.6 is 0 Å². The third-order valence-corrected chi connectivity index (χ3v) is 4.36. The Labute approximate surface area is 132 Å². The second-order valence-corrected chi connectivity index (χ2v) is 5.81. The number of nitrogens with zero attached hydrogens (tertiary/aromatic N) is 1. The lowest BCUT2D eigenvalue weighted by Gasteiger charge is -2.08. The Morgan fingerprint density at radius 3 is 2.83 bits per heavy atom.